The molecule has 0 saturated carbocycles. The third kappa shape index (κ3) is 4.43. The highest BCUT2D eigenvalue weighted by atomic mass is 32.2. The van der Waals surface area contributed by atoms with Crippen molar-refractivity contribution in [2.45, 2.75) is 24.8 Å². The van der Waals surface area contributed by atoms with E-state index >= 15 is 0 Å². The summed E-state index contributed by atoms with van der Waals surface area (Å²) in [4.78, 5) is 10.9. The summed E-state index contributed by atoms with van der Waals surface area (Å²) in [5, 5.41) is 8.98. The predicted octanol–water partition coefficient (Wildman–Crippen LogP) is 0.253. The minimum Gasteiger partial charge on any atom is -0.477 e. The van der Waals surface area contributed by atoms with E-state index in [0.717, 1.165) is 6.07 Å². The van der Waals surface area contributed by atoms with Gasteiger partial charge in [0.05, 0.1) is 0 Å². The van der Waals surface area contributed by atoms with E-state index in [9.17, 15) is 17.4 Å². The summed E-state index contributed by atoms with van der Waals surface area (Å²) in [6.07, 6.45) is 3.31. The van der Waals surface area contributed by atoms with Crippen molar-refractivity contribution in [3.63, 3.8) is 0 Å². The molecule has 1 aromatic rings. The SMILES string of the molecule is CCn1cc(S(=O)(=O)NCCCS(C)=O)cc1C(=O)O. The molecule has 114 valence electrons. The maximum atomic E-state index is 12.0. The van der Waals surface area contributed by atoms with Gasteiger partial charge in [0.15, 0.2) is 0 Å². The summed E-state index contributed by atoms with van der Waals surface area (Å²) in [6.45, 7) is 2.26. The van der Waals surface area contributed by atoms with E-state index in [-0.39, 0.29) is 17.1 Å². The highest BCUT2D eigenvalue weighted by molar-refractivity contribution is 7.89. The topological polar surface area (TPSA) is 105 Å². The molecule has 0 amide bonds. The van der Waals surface area contributed by atoms with Crippen LogP contribution in [-0.2, 0) is 27.4 Å². The molecule has 0 aromatic carbocycles. The van der Waals surface area contributed by atoms with Crippen molar-refractivity contribution in [3.8, 4) is 0 Å². The van der Waals surface area contributed by atoms with Crippen LogP contribution in [0.2, 0.25) is 0 Å². The van der Waals surface area contributed by atoms with Crippen molar-refractivity contribution in [2.24, 2.45) is 0 Å². The maximum absolute atomic E-state index is 12.0. The number of rotatable bonds is 8. The fourth-order valence-electron chi connectivity index (χ4n) is 1.64. The molecule has 20 heavy (non-hydrogen) atoms. The Morgan fingerprint density at radius 1 is 1.50 bits per heavy atom. The van der Waals surface area contributed by atoms with Crippen LogP contribution in [0.3, 0.4) is 0 Å². The molecule has 7 nitrogen and oxygen atoms in total. The van der Waals surface area contributed by atoms with Gasteiger partial charge in [0, 0.05) is 42.1 Å². The van der Waals surface area contributed by atoms with Crippen molar-refractivity contribution >= 4 is 26.8 Å². The molecule has 1 heterocycles. The van der Waals surface area contributed by atoms with Crippen LogP contribution in [0.1, 0.15) is 23.8 Å². The van der Waals surface area contributed by atoms with Crippen LogP contribution in [0.5, 0.6) is 0 Å². The molecular formula is C11H18N2O5S2. The Kier molecular flexibility index (Phi) is 5.90. The van der Waals surface area contributed by atoms with Gasteiger partial charge in [-0.2, -0.15) is 0 Å². The smallest absolute Gasteiger partial charge is 0.352 e. The van der Waals surface area contributed by atoms with Gasteiger partial charge in [-0.1, -0.05) is 0 Å². The monoisotopic (exact) mass is 322 g/mol. The van der Waals surface area contributed by atoms with Crippen LogP contribution in [0.25, 0.3) is 0 Å². The Morgan fingerprint density at radius 3 is 2.60 bits per heavy atom. The second kappa shape index (κ2) is 7.00. The number of aromatic carboxylic acids is 1. The van der Waals surface area contributed by atoms with Crippen molar-refractivity contribution in [1.82, 2.24) is 9.29 Å². The van der Waals surface area contributed by atoms with Gasteiger partial charge in [0.1, 0.15) is 10.6 Å². The Bertz CT molecular complexity index is 606. The number of carboxylic acids is 1. The lowest BCUT2D eigenvalue weighted by atomic mass is 10.4. The highest BCUT2D eigenvalue weighted by Crippen LogP contribution is 2.14. The minimum atomic E-state index is -3.74. The number of sulfonamides is 1. The highest BCUT2D eigenvalue weighted by Gasteiger charge is 2.20. The van der Waals surface area contributed by atoms with Gasteiger partial charge in [-0.25, -0.2) is 17.9 Å². The Labute approximate surface area is 120 Å². The number of aryl methyl sites for hydroxylation is 1. The first-order valence-corrected chi connectivity index (χ1v) is 9.22. The van der Waals surface area contributed by atoms with E-state index < -0.39 is 26.8 Å². The lowest BCUT2D eigenvalue weighted by molar-refractivity contribution is 0.0685. The first-order valence-electron chi connectivity index (χ1n) is 6.01. The van der Waals surface area contributed by atoms with E-state index in [1.54, 1.807) is 13.2 Å². The molecule has 1 atom stereocenters. The number of hydrogen-bond donors (Lipinski definition) is 2. The second-order valence-corrected chi connectivity index (χ2v) is 7.50. The predicted molar refractivity (Wildman–Crippen MR) is 75.8 cm³/mol. The fourth-order valence-corrected chi connectivity index (χ4v) is 3.30. The maximum Gasteiger partial charge on any atom is 0.352 e. The largest absolute Gasteiger partial charge is 0.477 e. The van der Waals surface area contributed by atoms with Crippen molar-refractivity contribution in [1.29, 1.82) is 0 Å². The molecule has 9 heteroatoms. The Hall–Kier alpha value is -1.19. The summed E-state index contributed by atoms with van der Waals surface area (Å²) in [5.74, 6) is -0.756. The third-order valence-corrected chi connectivity index (χ3v) is 4.93. The number of carbonyl (C=O) groups is 1. The summed E-state index contributed by atoms with van der Waals surface area (Å²) in [7, 11) is -4.70. The van der Waals surface area contributed by atoms with Crippen LogP contribution in [0, 0.1) is 0 Å². The molecule has 1 unspecified atom stereocenters. The van der Waals surface area contributed by atoms with E-state index in [1.165, 1.54) is 10.8 Å². The molecule has 0 saturated heterocycles. The average Bonchev–Trinajstić information content (AvgIpc) is 2.79. The molecule has 0 aliphatic rings. The zero-order chi connectivity index (χ0) is 15.3. The molecule has 1 rings (SSSR count). The standard InChI is InChI=1S/C11H18N2O5S2/c1-3-13-8-9(7-10(13)11(14)15)20(17,18)12-5-4-6-19(2)16/h7-8,12H,3-6H2,1-2H3,(H,14,15). The lowest BCUT2D eigenvalue weighted by Gasteiger charge is -2.04. The Morgan fingerprint density at radius 2 is 2.15 bits per heavy atom. The van der Waals surface area contributed by atoms with E-state index in [4.69, 9.17) is 5.11 Å². The minimum absolute atomic E-state index is 0.0671. The number of hydrogen-bond acceptors (Lipinski definition) is 4. The van der Waals surface area contributed by atoms with Crippen LogP contribution >= 0.6 is 0 Å². The van der Waals surface area contributed by atoms with E-state index in [1.807, 2.05) is 0 Å². The fraction of sp³-hybridized carbons (Fsp3) is 0.545. The molecule has 1 aromatic heterocycles. The quantitative estimate of drug-likeness (QED) is 0.668. The third-order valence-electron chi connectivity index (χ3n) is 2.64. The van der Waals surface area contributed by atoms with Crippen molar-refractivity contribution < 1.29 is 22.5 Å². The van der Waals surface area contributed by atoms with E-state index in [0.29, 0.717) is 18.7 Å². The van der Waals surface area contributed by atoms with Gasteiger partial charge in [0.2, 0.25) is 10.0 Å². The van der Waals surface area contributed by atoms with Crippen LogP contribution in [0.15, 0.2) is 17.2 Å². The first-order chi connectivity index (χ1) is 9.27. The normalized spacial score (nSPS) is 13.3. The average molecular weight is 322 g/mol. The number of carboxylic acid groups (broad SMARTS) is 1. The molecule has 0 bridgehead atoms. The molecule has 0 spiro atoms. The van der Waals surface area contributed by atoms with Crippen molar-refractivity contribution in [3.05, 3.63) is 18.0 Å². The zero-order valence-electron chi connectivity index (χ0n) is 11.3. The zero-order valence-corrected chi connectivity index (χ0v) is 13.0. The summed E-state index contributed by atoms with van der Waals surface area (Å²) in [6, 6.07) is 1.13. The Balaban J connectivity index is 2.82. The van der Waals surface area contributed by atoms with Crippen LogP contribution < -0.4 is 4.72 Å². The van der Waals surface area contributed by atoms with Gasteiger partial charge < -0.3 is 9.67 Å². The summed E-state index contributed by atoms with van der Waals surface area (Å²) < 4.78 is 38.6. The van der Waals surface area contributed by atoms with Gasteiger partial charge in [0.25, 0.3) is 0 Å². The molecule has 0 fully saturated rings. The first kappa shape index (κ1) is 16.9. The van der Waals surface area contributed by atoms with Crippen LogP contribution in [-0.4, -0.2) is 46.8 Å². The van der Waals surface area contributed by atoms with Gasteiger partial charge >= 0.3 is 5.97 Å². The van der Waals surface area contributed by atoms with Crippen LogP contribution in [0.4, 0.5) is 0 Å². The van der Waals surface area contributed by atoms with Gasteiger partial charge in [-0.05, 0) is 19.4 Å². The molecule has 0 aliphatic heterocycles. The summed E-state index contributed by atoms with van der Waals surface area (Å²) in [5.41, 5.74) is -0.0671. The molecular weight excluding hydrogens is 304 g/mol. The molecule has 2 N–H and O–H groups in total. The number of aromatic nitrogens is 1. The number of nitrogens with one attached hydrogen (secondary N) is 1. The molecule has 0 radical (unpaired) electrons. The lowest BCUT2D eigenvalue weighted by Crippen LogP contribution is -2.25. The number of nitrogens with zero attached hydrogens (tertiary/aromatic N) is 1. The van der Waals surface area contributed by atoms with E-state index in [2.05, 4.69) is 4.72 Å². The second-order valence-electron chi connectivity index (χ2n) is 4.18. The van der Waals surface area contributed by atoms with Gasteiger partial charge in [-0.15, -0.1) is 0 Å². The van der Waals surface area contributed by atoms with Crippen molar-refractivity contribution in [2.75, 3.05) is 18.6 Å². The molecule has 0 aliphatic carbocycles. The van der Waals surface area contributed by atoms with Gasteiger partial charge in [-0.3, -0.25) is 4.21 Å². The summed E-state index contributed by atoms with van der Waals surface area (Å²) >= 11 is 0.